The lowest BCUT2D eigenvalue weighted by Gasteiger charge is -2.24. The van der Waals surface area contributed by atoms with Gasteiger partial charge in [0.05, 0.1) is 7.11 Å². The SMILES string of the molecule is COC(=O)Cn1nnnc1/C=C1\CNCCC1SC(C)=O. The molecule has 0 bridgehead atoms. The van der Waals surface area contributed by atoms with Gasteiger partial charge in [0.1, 0.15) is 6.54 Å². The molecule has 1 aromatic rings. The average Bonchev–Trinajstić information content (AvgIpc) is 2.87. The average molecular weight is 311 g/mol. The van der Waals surface area contributed by atoms with Gasteiger partial charge in [-0.05, 0) is 35.0 Å². The Bertz CT molecular complexity index is 557. The predicted octanol–water partition coefficient (Wildman–Crippen LogP) is -0.129. The third-order valence-electron chi connectivity index (χ3n) is 3.01. The normalized spacial score (nSPS) is 20.5. The van der Waals surface area contributed by atoms with Crippen molar-refractivity contribution in [1.82, 2.24) is 25.5 Å². The van der Waals surface area contributed by atoms with Gasteiger partial charge in [-0.3, -0.25) is 9.59 Å². The van der Waals surface area contributed by atoms with Crippen LogP contribution in [-0.4, -0.2) is 56.7 Å². The van der Waals surface area contributed by atoms with E-state index in [0.717, 1.165) is 18.5 Å². The van der Waals surface area contributed by atoms with Gasteiger partial charge in [-0.15, -0.1) is 5.10 Å². The lowest BCUT2D eigenvalue weighted by Crippen LogP contribution is -2.32. The molecule has 1 unspecified atom stereocenters. The highest BCUT2D eigenvalue weighted by atomic mass is 32.2. The Kier molecular flexibility index (Phi) is 5.45. The Morgan fingerprint density at radius 1 is 1.57 bits per heavy atom. The molecule has 0 aromatic carbocycles. The minimum absolute atomic E-state index is 0.0411. The molecule has 1 atom stereocenters. The lowest BCUT2D eigenvalue weighted by molar-refractivity contribution is -0.141. The molecule has 1 saturated heterocycles. The maximum Gasteiger partial charge on any atom is 0.327 e. The molecule has 0 saturated carbocycles. The minimum atomic E-state index is -0.418. The first-order valence-electron chi connectivity index (χ1n) is 6.51. The summed E-state index contributed by atoms with van der Waals surface area (Å²) in [6.45, 7) is 3.07. The molecular formula is C12H17N5O3S. The van der Waals surface area contributed by atoms with Crippen molar-refractivity contribution >= 4 is 28.9 Å². The Labute approximate surface area is 126 Å². The van der Waals surface area contributed by atoms with Crippen LogP contribution in [-0.2, 0) is 20.9 Å². The van der Waals surface area contributed by atoms with E-state index in [9.17, 15) is 9.59 Å². The van der Waals surface area contributed by atoms with E-state index in [4.69, 9.17) is 0 Å². The Morgan fingerprint density at radius 3 is 3.10 bits per heavy atom. The molecule has 114 valence electrons. The van der Waals surface area contributed by atoms with Gasteiger partial charge >= 0.3 is 5.97 Å². The van der Waals surface area contributed by atoms with E-state index >= 15 is 0 Å². The smallest absolute Gasteiger partial charge is 0.327 e. The molecule has 9 heteroatoms. The van der Waals surface area contributed by atoms with Crippen molar-refractivity contribution in [3.63, 3.8) is 0 Å². The van der Waals surface area contributed by atoms with Crippen molar-refractivity contribution in [1.29, 1.82) is 0 Å². The summed E-state index contributed by atoms with van der Waals surface area (Å²) >= 11 is 1.31. The number of aromatic nitrogens is 4. The van der Waals surface area contributed by atoms with E-state index in [1.54, 1.807) is 6.92 Å². The predicted molar refractivity (Wildman–Crippen MR) is 77.4 cm³/mol. The molecule has 1 aliphatic heterocycles. The van der Waals surface area contributed by atoms with Crippen molar-refractivity contribution < 1.29 is 14.3 Å². The molecule has 0 amide bonds. The quantitative estimate of drug-likeness (QED) is 0.768. The van der Waals surface area contributed by atoms with E-state index in [2.05, 4.69) is 25.6 Å². The van der Waals surface area contributed by atoms with Crippen molar-refractivity contribution in [2.24, 2.45) is 0 Å². The first-order chi connectivity index (χ1) is 10.1. The standard InChI is InChI=1S/C12H17N5O3S/c1-8(18)21-10-3-4-13-6-9(10)5-11-14-15-16-17(11)7-12(19)20-2/h5,10,13H,3-4,6-7H2,1-2H3/b9-5+. The molecule has 8 nitrogen and oxygen atoms in total. The second kappa shape index (κ2) is 7.32. The number of methoxy groups -OCH3 is 1. The van der Waals surface area contributed by atoms with Crippen LogP contribution in [0.2, 0.25) is 0 Å². The number of hydrogen-bond acceptors (Lipinski definition) is 8. The Morgan fingerprint density at radius 2 is 2.38 bits per heavy atom. The van der Waals surface area contributed by atoms with Crippen LogP contribution in [0.1, 0.15) is 19.2 Å². The molecular weight excluding hydrogens is 294 g/mol. The zero-order valence-electron chi connectivity index (χ0n) is 11.9. The molecule has 0 radical (unpaired) electrons. The van der Waals surface area contributed by atoms with Crippen molar-refractivity contribution in [3.05, 3.63) is 11.4 Å². The second-order valence-corrected chi connectivity index (χ2v) is 5.93. The minimum Gasteiger partial charge on any atom is -0.468 e. The summed E-state index contributed by atoms with van der Waals surface area (Å²) in [7, 11) is 1.31. The van der Waals surface area contributed by atoms with Crippen LogP contribution in [0.4, 0.5) is 0 Å². The summed E-state index contributed by atoms with van der Waals surface area (Å²) in [6.07, 6.45) is 2.70. The number of rotatable bonds is 4. The molecule has 1 aromatic heterocycles. The zero-order valence-corrected chi connectivity index (χ0v) is 12.7. The summed E-state index contributed by atoms with van der Waals surface area (Å²) in [5.41, 5.74) is 1.04. The number of nitrogens with zero attached hydrogens (tertiary/aromatic N) is 4. The van der Waals surface area contributed by atoms with Gasteiger partial charge in [0.15, 0.2) is 10.9 Å². The van der Waals surface area contributed by atoms with Crippen molar-refractivity contribution in [3.8, 4) is 0 Å². The van der Waals surface area contributed by atoms with Gasteiger partial charge < -0.3 is 10.1 Å². The van der Waals surface area contributed by atoms with Gasteiger partial charge in [0, 0.05) is 18.7 Å². The topological polar surface area (TPSA) is 99.0 Å². The fraction of sp³-hybridized carbons (Fsp3) is 0.583. The Balaban J connectivity index is 2.18. The van der Waals surface area contributed by atoms with Gasteiger partial charge in [0.2, 0.25) is 0 Å². The van der Waals surface area contributed by atoms with E-state index in [-0.39, 0.29) is 16.9 Å². The fourth-order valence-electron chi connectivity index (χ4n) is 2.02. The lowest BCUT2D eigenvalue weighted by atomic mass is 10.1. The van der Waals surface area contributed by atoms with Crippen molar-refractivity contribution in [2.45, 2.75) is 25.1 Å². The van der Waals surface area contributed by atoms with Crippen LogP contribution in [0.5, 0.6) is 0 Å². The van der Waals surface area contributed by atoms with Crippen LogP contribution in [0.15, 0.2) is 5.57 Å². The summed E-state index contributed by atoms with van der Waals surface area (Å²) in [5.74, 6) is 0.0617. The molecule has 0 spiro atoms. The number of carbonyl (C=O) groups is 2. The monoisotopic (exact) mass is 311 g/mol. The van der Waals surface area contributed by atoms with Crippen LogP contribution in [0.25, 0.3) is 6.08 Å². The largest absolute Gasteiger partial charge is 0.468 e. The van der Waals surface area contributed by atoms with E-state index in [0.29, 0.717) is 12.4 Å². The summed E-state index contributed by atoms with van der Waals surface area (Å²) < 4.78 is 5.98. The number of hydrogen-bond donors (Lipinski definition) is 1. The van der Waals surface area contributed by atoms with Crippen LogP contribution < -0.4 is 5.32 Å². The number of piperidine rings is 1. The number of nitrogens with one attached hydrogen (secondary N) is 1. The molecule has 0 aliphatic carbocycles. The van der Waals surface area contributed by atoms with Gasteiger partial charge in [-0.2, -0.15) is 0 Å². The molecule has 1 N–H and O–H groups in total. The molecule has 1 aliphatic rings. The van der Waals surface area contributed by atoms with Crippen LogP contribution in [0, 0.1) is 0 Å². The zero-order chi connectivity index (χ0) is 15.2. The maximum atomic E-state index is 11.3. The number of ether oxygens (including phenoxy) is 1. The summed E-state index contributed by atoms with van der Waals surface area (Å²) in [5, 5.41) is 14.7. The molecule has 2 heterocycles. The highest BCUT2D eigenvalue weighted by molar-refractivity contribution is 8.14. The van der Waals surface area contributed by atoms with Gasteiger partial charge in [-0.1, -0.05) is 11.8 Å². The number of esters is 1. The molecule has 1 fully saturated rings. The third kappa shape index (κ3) is 4.36. The Hall–Kier alpha value is -1.74. The third-order valence-corrected chi connectivity index (χ3v) is 4.17. The van der Waals surface area contributed by atoms with Gasteiger partial charge in [-0.25, -0.2) is 4.68 Å². The number of thioether (sulfide) groups is 1. The highest BCUT2D eigenvalue weighted by Crippen LogP contribution is 2.26. The first kappa shape index (κ1) is 15.6. The second-order valence-electron chi connectivity index (χ2n) is 4.55. The fourth-order valence-corrected chi connectivity index (χ4v) is 2.96. The molecule has 21 heavy (non-hydrogen) atoms. The maximum absolute atomic E-state index is 11.3. The van der Waals surface area contributed by atoms with E-state index in [1.165, 1.54) is 23.6 Å². The number of carbonyl (C=O) groups excluding carboxylic acids is 2. The molecule has 2 rings (SSSR count). The highest BCUT2D eigenvalue weighted by Gasteiger charge is 2.22. The number of tetrazole rings is 1. The van der Waals surface area contributed by atoms with E-state index < -0.39 is 5.97 Å². The summed E-state index contributed by atoms with van der Waals surface area (Å²) in [6, 6.07) is 0. The van der Waals surface area contributed by atoms with E-state index in [1.807, 2.05) is 6.08 Å². The van der Waals surface area contributed by atoms with Gasteiger partial charge in [0.25, 0.3) is 0 Å². The first-order valence-corrected chi connectivity index (χ1v) is 7.39. The van der Waals surface area contributed by atoms with Crippen LogP contribution >= 0.6 is 11.8 Å². The van der Waals surface area contributed by atoms with Crippen molar-refractivity contribution in [2.75, 3.05) is 20.2 Å². The van der Waals surface area contributed by atoms with Crippen LogP contribution in [0.3, 0.4) is 0 Å². The summed E-state index contributed by atoms with van der Waals surface area (Å²) in [4.78, 5) is 22.6.